The lowest BCUT2D eigenvalue weighted by Gasteiger charge is -2.26. The number of rotatable bonds is 9. The van der Waals surface area contributed by atoms with Crippen molar-refractivity contribution in [2.45, 2.75) is 32.2 Å². The van der Waals surface area contributed by atoms with Gasteiger partial charge in [-0.2, -0.15) is 5.26 Å². The number of amides is 1. The van der Waals surface area contributed by atoms with Crippen LogP contribution in [0.5, 0.6) is 0 Å². The van der Waals surface area contributed by atoms with Crippen molar-refractivity contribution < 1.29 is 17.9 Å². The number of nitrogens with one attached hydrogen (secondary N) is 1. The molecule has 23 heavy (non-hydrogen) atoms. The Bertz CT molecular complexity index is 566. The van der Waals surface area contributed by atoms with Crippen LogP contribution in [0.25, 0.3) is 0 Å². The molecule has 0 aromatic rings. The molecule has 130 valence electrons. The zero-order valence-electron chi connectivity index (χ0n) is 13.7. The van der Waals surface area contributed by atoms with Crippen molar-refractivity contribution >= 4 is 15.7 Å². The van der Waals surface area contributed by atoms with Gasteiger partial charge in [0.1, 0.15) is 11.6 Å². The Balaban J connectivity index is 2.83. The van der Waals surface area contributed by atoms with Gasteiger partial charge in [0.25, 0.3) is 5.91 Å². The van der Waals surface area contributed by atoms with Crippen molar-refractivity contribution in [3.8, 4) is 6.07 Å². The minimum atomic E-state index is -3.04. The molecule has 7 nitrogen and oxygen atoms in total. The summed E-state index contributed by atoms with van der Waals surface area (Å²) in [6.45, 7) is 3.36. The highest BCUT2D eigenvalue weighted by Gasteiger charge is 2.31. The molecule has 1 saturated heterocycles. The van der Waals surface area contributed by atoms with Gasteiger partial charge in [0.05, 0.1) is 18.1 Å². The maximum Gasteiger partial charge on any atom is 0.263 e. The number of carbonyl (C=O) groups is 1. The summed E-state index contributed by atoms with van der Waals surface area (Å²) in [5.74, 6) is -0.243. The fourth-order valence-electron chi connectivity index (χ4n) is 2.36. The largest absolute Gasteiger partial charge is 0.383 e. The van der Waals surface area contributed by atoms with Gasteiger partial charge < -0.3 is 15.0 Å². The molecule has 1 atom stereocenters. The average molecular weight is 343 g/mol. The highest BCUT2D eigenvalue weighted by Crippen LogP contribution is 2.18. The van der Waals surface area contributed by atoms with E-state index in [2.05, 4.69) is 5.32 Å². The number of ether oxygens (including phenoxy) is 1. The molecule has 0 spiro atoms. The summed E-state index contributed by atoms with van der Waals surface area (Å²) in [5, 5.41) is 11.9. The Morgan fingerprint density at radius 3 is 2.78 bits per heavy atom. The molecule has 1 amide bonds. The SMILES string of the molecule is CCCCNC(=O)/C(C#N)=C\N(CCOC)C1CCS(=O)(=O)C1. The van der Waals surface area contributed by atoms with Crippen LogP contribution in [0.3, 0.4) is 0 Å². The summed E-state index contributed by atoms with van der Waals surface area (Å²) in [6, 6.07) is 1.68. The molecule has 1 heterocycles. The maximum absolute atomic E-state index is 12.0. The van der Waals surface area contributed by atoms with Crippen molar-refractivity contribution in [2.24, 2.45) is 0 Å². The molecule has 0 aliphatic carbocycles. The van der Waals surface area contributed by atoms with E-state index in [1.54, 1.807) is 12.0 Å². The first-order chi connectivity index (χ1) is 10.9. The van der Waals surface area contributed by atoms with E-state index in [1.807, 2.05) is 13.0 Å². The highest BCUT2D eigenvalue weighted by molar-refractivity contribution is 7.91. The van der Waals surface area contributed by atoms with Crippen LogP contribution in [0.2, 0.25) is 0 Å². The summed E-state index contributed by atoms with van der Waals surface area (Å²) < 4.78 is 28.4. The van der Waals surface area contributed by atoms with Crippen molar-refractivity contribution in [3.05, 3.63) is 11.8 Å². The van der Waals surface area contributed by atoms with Gasteiger partial charge in [0, 0.05) is 32.4 Å². The number of hydrogen-bond acceptors (Lipinski definition) is 6. The molecule has 1 aliphatic heterocycles. The molecular weight excluding hydrogens is 318 g/mol. The van der Waals surface area contributed by atoms with Gasteiger partial charge in [-0.1, -0.05) is 13.3 Å². The van der Waals surface area contributed by atoms with Gasteiger partial charge in [0.15, 0.2) is 9.84 Å². The Morgan fingerprint density at radius 2 is 2.26 bits per heavy atom. The molecule has 0 aromatic carbocycles. The summed E-state index contributed by atoms with van der Waals surface area (Å²) >= 11 is 0. The molecule has 1 aliphatic rings. The predicted octanol–water partition coefficient (Wildman–Crippen LogP) is 0.446. The van der Waals surface area contributed by atoms with E-state index >= 15 is 0 Å². The normalized spacial score (nSPS) is 20.0. The van der Waals surface area contributed by atoms with Crippen LogP contribution in [0.15, 0.2) is 11.8 Å². The van der Waals surface area contributed by atoms with Gasteiger partial charge in [0.2, 0.25) is 0 Å². The second-order valence-electron chi connectivity index (χ2n) is 5.55. The molecular formula is C15H25N3O4S. The third-order valence-corrected chi connectivity index (χ3v) is 5.46. The van der Waals surface area contributed by atoms with E-state index in [-0.39, 0.29) is 23.1 Å². The quantitative estimate of drug-likeness (QED) is 0.371. The number of hydrogen-bond donors (Lipinski definition) is 1. The Labute approximate surface area is 138 Å². The number of sulfone groups is 1. The molecule has 0 radical (unpaired) electrons. The molecule has 1 fully saturated rings. The number of carbonyl (C=O) groups excluding carboxylic acids is 1. The molecule has 8 heteroatoms. The van der Waals surface area contributed by atoms with E-state index in [9.17, 15) is 18.5 Å². The minimum absolute atomic E-state index is 0.0125. The molecule has 1 rings (SSSR count). The summed E-state index contributed by atoms with van der Waals surface area (Å²) in [6.07, 6.45) is 3.76. The van der Waals surface area contributed by atoms with E-state index in [0.717, 1.165) is 12.8 Å². The first-order valence-corrected chi connectivity index (χ1v) is 9.61. The summed E-state index contributed by atoms with van der Waals surface area (Å²) in [7, 11) is -1.49. The number of methoxy groups -OCH3 is 1. The third kappa shape index (κ3) is 6.59. The van der Waals surface area contributed by atoms with Gasteiger partial charge >= 0.3 is 0 Å². The molecule has 0 saturated carbocycles. The van der Waals surface area contributed by atoms with Gasteiger partial charge in [-0.25, -0.2) is 8.42 Å². The smallest absolute Gasteiger partial charge is 0.263 e. The van der Waals surface area contributed by atoms with Gasteiger partial charge in [-0.05, 0) is 12.8 Å². The molecule has 1 N–H and O–H groups in total. The van der Waals surface area contributed by atoms with E-state index < -0.39 is 15.7 Å². The van der Waals surface area contributed by atoms with Crippen LogP contribution in [0.4, 0.5) is 0 Å². The monoisotopic (exact) mass is 343 g/mol. The number of nitrogens with zero attached hydrogens (tertiary/aromatic N) is 2. The van der Waals surface area contributed by atoms with E-state index in [4.69, 9.17) is 4.74 Å². The maximum atomic E-state index is 12.0. The Morgan fingerprint density at radius 1 is 1.52 bits per heavy atom. The lowest BCUT2D eigenvalue weighted by molar-refractivity contribution is -0.117. The predicted molar refractivity (Wildman–Crippen MR) is 87.3 cm³/mol. The zero-order chi connectivity index (χ0) is 17.3. The molecule has 1 unspecified atom stereocenters. The standard InChI is InChI=1S/C15H25N3O4S/c1-3-4-6-17-15(19)13(10-16)11-18(7-8-22-2)14-5-9-23(20,21)12-14/h11,14H,3-9,12H2,1-2H3,(H,17,19)/b13-11-. The minimum Gasteiger partial charge on any atom is -0.383 e. The van der Waals surface area contributed by atoms with Crippen LogP contribution in [0, 0.1) is 11.3 Å². The van der Waals surface area contributed by atoms with Crippen molar-refractivity contribution in [2.75, 3.05) is 38.3 Å². The summed E-state index contributed by atoms with van der Waals surface area (Å²) in [4.78, 5) is 13.8. The Kier molecular flexibility index (Phi) is 8.06. The van der Waals surface area contributed by atoms with Crippen LogP contribution in [-0.4, -0.2) is 63.6 Å². The summed E-state index contributed by atoms with van der Waals surface area (Å²) in [5.41, 5.74) is -0.0125. The first kappa shape index (κ1) is 19.5. The van der Waals surface area contributed by atoms with Crippen LogP contribution >= 0.6 is 0 Å². The van der Waals surface area contributed by atoms with Crippen LogP contribution < -0.4 is 5.32 Å². The van der Waals surface area contributed by atoms with E-state index in [1.165, 1.54) is 6.20 Å². The highest BCUT2D eigenvalue weighted by atomic mass is 32.2. The fraction of sp³-hybridized carbons (Fsp3) is 0.733. The second kappa shape index (κ2) is 9.53. The Hall–Kier alpha value is -1.59. The lowest BCUT2D eigenvalue weighted by atomic mass is 10.2. The van der Waals surface area contributed by atoms with Gasteiger partial charge in [-0.3, -0.25) is 4.79 Å². The van der Waals surface area contributed by atoms with E-state index in [0.29, 0.717) is 26.1 Å². The topological polar surface area (TPSA) is 99.5 Å². The molecule has 0 aromatic heterocycles. The zero-order valence-corrected chi connectivity index (χ0v) is 14.6. The lowest BCUT2D eigenvalue weighted by Crippen LogP contribution is -2.36. The van der Waals surface area contributed by atoms with Crippen LogP contribution in [0.1, 0.15) is 26.2 Å². The van der Waals surface area contributed by atoms with Gasteiger partial charge in [-0.15, -0.1) is 0 Å². The first-order valence-electron chi connectivity index (χ1n) is 7.78. The van der Waals surface area contributed by atoms with Crippen molar-refractivity contribution in [3.63, 3.8) is 0 Å². The number of unbranched alkanes of at least 4 members (excludes halogenated alkanes) is 1. The van der Waals surface area contributed by atoms with Crippen LogP contribution in [-0.2, 0) is 19.4 Å². The molecule has 0 bridgehead atoms. The fourth-order valence-corrected chi connectivity index (χ4v) is 4.11. The van der Waals surface area contributed by atoms with Crippen molar-refractivity contribution in [1.29, 1.82) is 5.26 Å². The van der Waals surface area contributed by atoms with Crippen molar-refractivity contribution in [1.82, 2.24) is 10.2 Å². The second-order valence-corrected chi connectivity index (χ2v) is 7.78. The average Bonchev–Trinajstić information content (AvgIpc) is 2.87. The third-order valence-electron chi connectivity index (χ3n) is 3.71. The number of nitriles is 1.